The van der Waals surface area contributed by atoms with Gasteiger partial charge in [0.25, 0.3) is 0 Å². The first kappa shape index (κ1) is 18.9. The number of benzene rings is 1. The van der Waals surface area contributed by atoms with E-state index in [1.807, 2.05) is 13.8 Å². The van der Waals surface area contributed by atoms with E-state index in [9.17, 15) is 13.2 Å². The molecule has 6 heteroatoms. The minimum atomic E-state index is -3.42. The molecule has 0 aromatic heterocycles. The normalized spacial score (nSPS) is 16.3. The second-order valence-corrected chi connectivity index (χ2v) is 8.22. The molecule has 1 fully saturated rings. The van der Waals surface area contributed by atoms with E-state index in [0.29, 0.717) is 24.5 Å². The number of nitrogens with one attached hydrogen (secondary N) is 1. The average Bonchev–Trinajstić information content (AvgIpc) is 2.61. The molecule has 5 nitrogen and oxygen atoms in total. The lowest BCUT2D eigenvalue weighted by atomic mass is 9.88. The van der Waals surface area contributed by atoms with Gasteiger partial charge < -0.3 is 5.32 Å². The molecule has 0 aliphatic heterocycles. The Balaban J connectivity index is 1.95. The summed E-state index contributed by atoms with van der Waals surface area (Å²) in [6.45, 7) is 5.02. The third-order valence-corrected chi connectivity index (χ3v) is 6.77. The number of carbonyl (C=O) groups excluding carboxylic acids is 1. The van der Waals surface area contributed by atoms with E-state index in [0.717, 1.165) is 31.2 Å². The summed E-state index contributed by atoms with van der Waals surface area (Å²) in [5, 5.41) is 2.97. The monoisotopic (exact) mass is 352 g/mol. The number of nitrogens with zero attached hydrogens (tertiary/aromatic N) is 1. The highest BCUT2D eigenvalue weighted by atomic mass is 32.2. The number of amides is 1. The van der Waals surface area contributed by atoms with E-state index < -0.39 is 10.0 Å². The van der Waals surface area contributed by atoms with Gasteiger partial charge in [-0.25, -0.2) is 8.42 Å². The van der Waals surface area contributed by atoms with Crippen LogP contribution in [0.4, 0.5) is 0 Å². The molecule has 1 aliphatic rings. The maximum Gasteiger partial charge on any atom is 0.243 e. The zero-order valence-electron chi connectivity index (χ0n) is 14.6. The van der Waals surface area contributed by atoms with Crippen molar-refractivity contribution < 1.29 is 13.2 Å². The molecule has 1 aromatic rings. The third-order valence-electron chi connectivity index (χ3n) is 4.71. The fourth-order valence-corrected chi connectivity index (χ4v) is 4.65. The van der Waals surface area contributed by atoms with Crippen LogP contribution in [0.15, 0.2) is 29.2 Å². The Kier molecular flexibility index (Phi) is 6.80. The average molecular weight is 353 g/mol. The fourth-order valence-electron chi connectivity index (χ4n) is 3.19. The SMILES string of the molecule is CCN(CC)S(=O)(=O)c1ccc(CNC(=O)C2CCCCC2)cc1. The smallest absolute Gasteiger partial charge is 0.243 e. The fraction of sp³-hybridized carbons (Fsp3) is 0.611. The summed E-state index contributed by atoms with van der Waals surface area (Å²) in [4.78, 5) is 12.5. The maximum absolute atomic E-state index is 12.4. The molecular weight excluding hydrogens is 324 g/mol. The molecule has 1 saturated carbocycles. The number of rotatable bonds is 7. The molecule has 0 unspecified atom stereocenters. The van der Waals surface area contributed by atoms with Crippen LogP contribution in [0, 0.1) is 5.92 Å². The van der Waals surface area contributed by atoms with Crippen molar-refractivity contribution in [3.8, 4) is 0 Å². The predicted octanol–water partition coefficient (Wildman–Crippen LogP) is 2.91. The summed E-state index contributed by atoms with van der Waals surface area (Å²) in [5.74, 6) is 0.260. The number of carbonyl (C=O) groups is 1. The van der Waals surface area contributed by atoms with Crippen LogP contribution in [0.25, 0.3) is 0 Å². The molecule has 1 amide bonds. The van der Waals surface area contributed by atoms with Crippen LogP contribution in [0.1, 0.15) is 51.5 Å². The van der Waals surface area contributed by atoms with Gasteiger partial charge in [0.15, 0.2) is 0 Å². The summed E-state index contributed by atoms with van der Waals surface area (Å²) in [7, 11) is -3.42. The molecule has 0 bridgehead atoms. The Morgan fingerprint density at radius 3 is 2.21 bits per heavy atom. The standard InChI is InChI=1S/C18H28N2O3S/c1-3-20(4-2)24(22,23)17-12-10-15(11-13-17)14-19-18(21)16-8-6-5-7-9-16/h10-13,16H,3-9,14H2,1-2H3,(H,19,21). The minimum absolute atomic E-state index is 0.120. The second-order valence-electron chi connectivity index (χ2n) is 6.29. The van der Waals surface area contributed by atoms with Gasteiger partial charge >= 0.3 is 0 Å². The molecule has 2 rings (SSSR count). The van der Waals surface area contributed by atoms with Crippen molar-refractivity contribution in [2.45, 2.75) is 57.4 Å². The summed E-state index contributed by atoms with van der Waals surface area (Å²) in [5.41, 5.74) is 0.914. The van der Waals surface area contributed by atoms with E-state index in [-0.39, 0.29) is 11.8 Å². The van der Waals surface area contributed by atoms with Crippen molar-refractivity contribution in [2.75, 3.05) is 13.1 Å². The summed E-state index contributed by atoms with van der Waals surface area (Å²) in [6, 6.07) is 6.79. The lowest BCUT2D eigenvalue weighted by Crippen LogP contribution is -2.31. The summed E-state index contributed by atoms with van der Waals surface area (Å²) >= 11 is 0. The van der Waals surface area contributed by atoms with Crippen LogP contribution in [0.2, 0.25) is 0 Å². The van der Waals surface area contributed by atoms with E-state index >= 15 is 0 Å². The quantitative estimate of drug-likeness (QED) is 0.820. The second kappa shape index (κ2) is 8.62. The van der Waals surface area contributed by atoms with Crippen LogP contribution in [-0.4, -0.2) is 31.7 Å². The molecule has 24 heavy (non-hydrogen) atoms. The molecule has 0 atom stereocenters. The zero-order chi connectivity index (χ0) is 17.6. The Hall–Kier alpha value is -1.40. The first-order chi connectivity index (χ1) is 11.5. The van der Waals surface area contributed by atoms with E-state index in [2.05, 4.69) is 5.32 Å². The number of sulfonamides is 1. The van der Waals surface area contributed by atoms with Gasteiger partial charge in [0.05, 0.1) is 4.90 Å². The zero-order valence-corrected chi connectivity index (χ0v) is 15.4. The highest BCUT2D eigenvalue weighted by Crippen LogP contribution is 2.23. The number of hydrogen-bond donors (Lipinski definition) is 1. The van der Waals surface area contributed by atoms with E-state index in [1.54, 1.807) is 24.3 Å². The Bertz CT molecular complexity index is 631. The highest BCUT2D eigenvalue weighted by molar-refractivity contribution is 7.89. The summed E-state index contributed by atoms with van der Waals surface area (Å²) < 4.78 is 26.3. The molecular formula is C18H28N2O3S. The molecule has 1 N–H and O–H groups in total. The molecule has 1 aliphatic carbocycles. The molecule has 1 aromatic carbocycles. The van der Waals surface area contributed by atoms with Gasteiger partial charge in [0.2, 0.25) is 15.9 Å². The summed E-state index contributed by atoms with van der Waals surface area (Å²) in [6.07, 6.45) is 5.46. The Morgan fingerprint density at radius 2 is 1.67 bits per heavy atom. The predicted molar refractivity (Wildman–Crippen MR) is 95.0 cm³/mol. The van der Waals surface area contributed by atoms with E-state index in [4.69, 9.17) is 0 Å². The molecule has 0 radical (unpaired) electrons. The van der Waals surface area contributed by atoms with Crippen molar-refractivity contribution in [1.82, 2.24) is 9.62 Å². The van der Waals surface area contributed by atoms with Crippen LogP contribution >= 0.6 is 0 Å². The highest BCUT2D eigenvalue weighted by Gasteiger charge is 2.22. The van der Waals surface area contributed by atoms with Gasteiger partial charge in [0, 0.05) is 25.6 Å². The topological polar surface area (TPSA) is 66.5 Å². The first-order valence-corrected chi connectivity index (χ1v) is 10.3. The maximum atomic E-state index is 12.4. The van der Waals surface area contributed by atoms with Crippen molar-refractivity contribution >= 4 is 15.9 Å². The first-order valence-electron chi connectivity index (χ1n) is 8.85. The molecule has 134 valence electrons. The Morgan fingerprint density at radius 1 is 1.08 bits per heavy atom. The largest absolute Gasteiger partial charge is 0.352 e. The molecule has 0 heterocycles. The number of hydrogen-bond acceptors (Lipinski definition) is 3. The lowest BCUT2D eigenvalue weighted by molar-refractivity contribution is -0.126. The van der Waals surface area contributed by atoms with Gasteiger partial charge in [-0.15, -0.1) is 0 Å². The molecule has 0 spiro atoms. The van der Waals surface area contributed by atoms with Crippen LogP contribution in [-0.2, 0) is 21.4 Å². The van der Waals surface area contributed by atoms with Crippen LogP contribution < -0.4 is 5.32 Å². The van der Waals surface area contributed by atoms with Crippen molar-refractivity contribution in [1.29, 1.82) is 0 Å². The van der Waals surface area contributed by atoms with Crippen LogP contribution in [0.3, 0.4) is 0 Å². The van der Waals surface area contributed by atoms with Gasteiger partial charge in [-0.3, -0.25) is 4.79 Å². The van der Waals surface area contributed by atoms with Gasteiger partial charge in [-0.1, -0.05) is 45.2 Å². The Labute approximate surface area is 145 Å². The molecule has 0 saturated heterocycles. The van der Waals surface area contributed by atoms with Crippen molar-refractivity contribution in [3.63, 3.8) is 0 Å². The van der Waals surface area contributed by atoms with Gasteiger partial charge in [-0.2, -0.15) is 4.31 Å². The van der Waals surface area contributed by atoms with Crippen molar-refractivity contribution in [2.24, 2.45) is 5.92 Å². The third kappa shape index (κ3) is 4.57. The van der Waals surface area contributed by atoms with Gasteiger partial charge in [-0.05, 0) is 30.5 Å². The van der Waals surface area contributed by atoms with Crippen LogP contribution in [0.5, 0.6) is 0 Å². The van der Waals surface area contributed by atoms with Crippen molar-refractivity contribution in [3.05, 3.63) is 29.8 Å². The van der Waals surface area contributed by atoms with Gasteiger partial charge in [0.1, 0.15) is 0 Å². The van der Waals surface area contributed by atoms with E-state index in [1.165, 1.54) is 10.7 Å². The minimum Gasteiger partial charge on any atom is -0.352 e. The lowest BCUT2D eigenvalue weighted by Gasteiger charge is -2.21.